The van der Waals surface area contributed by atoms with Crippen LogP contribution < -0.4 is 4.72 Å². The summed E-state index contributed by atoms with van der Waals surface area (Å²) in [7, 11) is -3.54. The molecule has 2 fully saturated rings. The van der Waals surface area contributed by atoms with Crippen molar-refractivity contribution in [2.45, 2.75) is 43.2 Å². The molecule has 0 radical (unpaired) electrons. The number of aryl methyl sites for hydroxylation is 1. The third kappa shape index (κ3) is 2.71. The topological polar surface area (TPSA) is 66.5 Å². The summed E-state index contributed by atoms with van der Waals surface area (Å²) in [5.41, 5.74) is 1.01. The van der Waals surface area contributed by atoms with Gasteiger partial charge >= 0.3 is 0 Å². The summed E-state index contributed by atoms with van der Waals surface area (Å²) in [5, 5.41) is 0. The van der Waals surface area contributed by atoms with Gasteiger partial charge in [0.15, 0.2) is 0 Å². The molecule has 1 saturated heterocycles. The lowest BCUT2D eigenvalue weighted by Gasteiger charge is -2.16. The first-order valence-corrected chi connectivity index (χ1v) is 8.32. The van der Waals surface area contributed by atoms with Crippen molar-refractivity contribution in [2.24, 2.45) is 0 Å². The maximum absolute atomic E-state index is 12.3. The van der Waals surface area contributed by atoms with E-state index < -0.39 is 10.0 Å². The van der Waals surface area contributed by atoms with Gasteiger partial charge in [-0.25, -0.2) is 13.1 Å². The van der Waals surface area contributed by atoms with Crippen molar-refractivity contribution in [1.29, 1.82) is 0 Å². The summed E-state index contributed by atoms with van der Waals surface area (Å²) in [6.45, 7) is 2.40. The molecule has 0 spiro atoms. The van der Waals surface area contributed by atoms with Crippen molar-refractivity contribution in [2.75, 3.05) is 6.54 Å². The highest BCUT2D eigenvalue weighted by atomic mass is 32.2. The zero-order chi connectivity index (χ0) is 14.3. The maximum Gasteiger partial charge on any atom is 0.240 e. The predicted molar refractivity (Wildman–Crippen MR) is 74.6 cm³/mol. The zero-order valence-electron chi connectivity index (χ0n) is 11.4. The summed E-state index contributed by atoms with van der Waals surface area (Å²) in [5.74, 6) is 0.0594. The summed E-state index contributed by atoms with van der Waals surface area (Å²) in [4.78, 5) is 13.9. The second-order valence-electron chi connectivity index (χ2n) is 5.61. The summed E-state index contributed by atoms with van der Waals surface area (Å²) >= 11 is 0. The van der Waals surface area contributed by atoms with Crippen LogP contribution >= 0.6 is 0 Å². The highest BCUT2D eigenvalue weighted by Crippen LogP contribution is 2.30. The standard InChI is InChI=1S/C14H18N2O3S/c1-10-2-6-13(7-3-10)20(18,19)15-11-8-14(17)16(9-11)12-4-5-12/h2-3,6-7,11-12,15H,4-5,8-9H2,1H3. The first-order valence-electron chi connectivity index (χ1n) is 6.84. The number of rotatable bonds is 4. The number of benzene rings is 1. The average molecular weight is 294 g/mol. The number of amides is 1. The van der Waals surface area contributed by atoms with E-state index in [4.69, 9.17) is 0 Å². The Morgan fingerprint density at radius 2 is 1.85 bits per heavy atom. The van der Waals surface area contributed by atoms with Gasteiger partial charge < -0.3 is 4.90 Å². The Labute approximate surface area is 119 Å². The lowest BCUT2D eigenvalue weighted by atomic mass is 10.2. The van der Waals surface area contributed by atoms with E-state index in [0.717, 1.165) is 18.4 Å². The predicted octanol–water partition coefficient (Wildman–Crippen LogP) is 1.04. The Balaban J connectivity index is 1.70. The van der Waals surface area contributed by atoms with Crippen LogP contribution in [0, 0.1) is 6.92 Å². The fourth-order valence-electron chi connectivity index (χ4n) is 2.55. The number of hydrogen-bond acceptors (Lipinski definition) is 3. The molecule has 1 N–H and O–H groups in total. The Morgan fingerprint density at radius 3 is 2.45 bits per heavy atom. The summed E-state index contributed by atoms with van der Waals surface area (Å²) in [6, 6.07) is 6.75. The van der Waals surface area contributed by atoms with Crippen LogP contribution in [0.1, 0.15) is 24.8 Å². The molecule has 0 bridgehead atoms. The molecule has 1 atom stereocenters. The quantitative estimate of drug-likeness (QED) is 0.902. The minimum Gasteiger partial charge on any atom is -0.338 e. The molecule has 0 aromatic heterocycles. The smallest absolute Gasteiger partial charge is 0.240 e. The number of hydrogen-bond donors (Lipinski definition) is 1. The van der Waals surface area contributed by atoms with Gasteiger partial charge in [0.2, 0.25) is 15.9 Å². The molecule has 108 valence electrons. The van der Waals surface area contributed by atoms with E-state index in [2.05, 4.69) is 4.72 Å². The average Bonchev–Trinajstić information content (AvgIpc) is 3.15. The minimum atomic E-state index is -3.54. The van der Waals surface area contributed by atoms with Gasteiger partial charge in [0, 0.05) is 25.0 Å². The van der Waals surface area contributed by atoms with Gasteiger partial charge in [-0.15, -0.1) is 0 Å². The van der Waals surface area contributed by atoms with Crippen molar-refractivity contribution in [3.8, 4) is 0 Å². The van der Waals surface area contributed by atoms with E-state index in [9.17, 15) is 13.2 Å². The van der Waals surface area contributed by atoms with Gasteiger partial charge in [0.1, 0.15) is 0 Å². The molecule has 1 amide bonds. The molecule has 1 aromatic rings. The SMILES string of the molecule is Cc1ccc(S(=O)(=O)NC2CC(=O)N(C3CC3)C2)cc1. The van der Waals surface area contributed by atoms with E-state index in [1.54, 1.807) is 24.3 Å². The van der Waals surface area contributed by atoms with Crippen LogP contribution in [-0.4, -0.2) is 37.9 Å². The monoisotopic (exact) mass is 294 g/mol. The van der Waals surface area contributed by atoms with E-state index in [-0.39, 0.29) is 23.3 Å². The third-order valence-corrected chi connectivity index (χ3v) is 5.34. The molecule has 20 heavy (non-hydrogen) atoms. The lowest BCUT2D eigenvalue weighted by molar-refractivity contribution is -0.128. The molecule has 1 aliphatic heterocycles. The Bertz CT molecular complexity index is 620. The first kappa shape index (κ1) is 13.6. The molecule has 1 heterocycles. The Kier molecular flexibility index (Phi) is 3.30. The number of carbonyl (C=O) groups is 1. The fraction of sp³-hybridized carbons (Fsp3) is 0.500. The first-order chi connectivity index (χ1) is 9.45. The maximum atomic E-state index is 12.3. The number of nitrogens with one attached hydrogen (secondary N) is 1. The van der Waals surface area contributed by atoms with Crippen molar-refractivity contribution in [3.63, 3.8) is 0 Å². The number of likely N-dealkylation sites (tertiary alicyclic amines) is 1. The second-order valence-corrected chi connectivity index (χ2v) is 7.33. The van der Waals surface area contributed by atoms with Gasteiger partial charge in [0.25, 0.3) is 0 Å². The molecule has 1 aromatic carbocycles. The molecular formula is C14H18N2O3S. The molecule has 2 aliphatic rings. The van der Waals surface area contributed by atoms with E-state index >= 15 is 0 Å². The van der Waals surface area contributed by atoms with Crippen LogP contribution in [0.2, 0.25) is 0 Å². The van der Waals surface area contributed by atoms with Crippen molar-refractivity contribution < 1.29 is 13.2 Å². The number of sulfonamides is 1. The van der Waals surface area contributed by atoms with Gasteiger partial charge in [0.05, 0.1) is 4.90 Å². The molecule has 1 aliphatic carbocycles. The zero-order valence-corrected chi connectivity index (χ0v) is 12.2. The van der Waals surface area contributed by atoms with Gasteiger partial charge in [-0.3, -0.25) is 4.79 Å². The Hall–Kier alpha value is -1.40. The van der Waals surface area contributed by atoms with Crippen LogP contribution in [0.5, 0.6) is 0 Å². The highest BCUT2D eigenvalue weighted by molar-refractivity contribution is 7.89. The van der Waals surface area contributed by atoms with Crippen LogP contribution in [0.4, 0.5) is 0 Å². The normalized spacial score (nSPS) is 23.4. The largest absolute Gasteiger partial charge is 0.338 e. The van der Waals surface area contributed by atoms with Gasteiger partial charge in [-0.05, 0) is 31.9 Å². The van der Waals surface area contributed by atoms with Crippen LogP contribution in [0.25, 0.3) is 0 Å². The number of carbonyl (C=O) groups excluding carboxylic acids is 1. The Morgan fingerprint density at radius 1 is 1.20 bits per heavy atom. The molecule has 5 nitrogen and oxygen atoms in total. The van der Waals surface area contributed by atoms with Crippen molar-refractivity contribution in [1.82, 2.24) is 9.62 Å². The minimum absolute atomic E-state index is 0.0594. The third-order valence-electron chi connectivity index (χ3n) is 3.80. The summed E-state index contributed by atoms with van der Waals surface area (Å²) in [6.07, 6.45) is 2.36. The van der Waals surface area contributed by atoms with E-state index in [1.165, 1.54) is 0 Å². The van der Waals surface area contributed by atoms with Crippen LogP contribution in [0.3, 0.4) is 0 Å². The fourth-order valence-corrected chi connectivity index (χ4v) is 3.78. The van der Waals surface area contributed by atoms with E-state index in [1.807, 2.05) is 11.8 Å². The van der Waals surface area contributed by atoms with Crippen LogP contribution in [-0.2, 0) is 14.8 Å². The lowest BCUT2D eigenvalue weighted by Crippen LogP contribution is -2.37. The molecule has 1 saturated carbocycles. The molecule has 1 unspecified atom stereocenters. The number of nitrogens with zero attached hydrogens (tertiary/aromatic N) is 1. The molecule has 6 heteroatoms. The van der Waals surface area contributed by atoms with E-state index in [0.29, 0.717) is 12.6 Å². The second kappa shape index (κ2) is 4.86. The van der Waals surface area contributed by atoms with Crippen molar-refractivity contribution in [3.05, 3.63) is 29.8 Å². The van der Waals surface area contributed by atoms with Gasteiger partial charge in [-0.1, -0.05) is 17.7 Å². The van der Waals surface area contributed by atoms with Gasteiger partial charge in [-0.2, -0.15) is 0 Å². The van der Waals surface area contributed by atoms with Crippen LogP contribution in [0.15, 0.2) is 29.2 Å². The van der Waals surface area contributed by atoms with Crippen molar-refractivity contribution >= 4 is 15.9 Å². The molecule has 3 rings (SSSR count). The molecular weight excluding hydrogens is 276 g/mol. The summed E-state index contributed by atoms with van der Waals surface area (Å²) < 4.78 is 27.2. The highest BCUT2D eigenvalue weighted by Gasteiger charge is 2.40.